The third-order valence-corrected chi connectivity index (χ3v) is 4.48. The number of nitrogens with zero attached hydrogens (tertiary/aromatic N) is 1. The van der Waals surface area contributed by atoms with E-state index < -0.39 is 0 Å². The van der Waals surface area contributed by atoms with Crippen molar-refractivity contribution in [2.24, 2.45) is 0 Å². The number of benzene rings is 2. The summed E-state index contributed by atoms with van der Waals surface area (Å²) in [5.41, 5.74) is 2.79. The van der Waals surface area contributed by atoms with Gasteiger partial charge in [0.1, 0.15) is 4.47 Å². The fourth-order valence-corrected chi connectivity index (χ4v) is 2.94. The van der Waals surface area contributed by atoms with Crippen LogP contribution in [-0.2, 0) is 6.54 Å². The molecule has 0 unspecified atom stereocenters. The molecule has 1 N–H and O–H groups in total. The molecule has 0 aliphatic heterocycles. The number of H-pyrrole nitrogens is 1. The Kier molecular flexibility index (Phi) is 4.12. The molecule has 2 aromatic carbocycles. The van der Waals surface area contributed by atoms with Crippen LogP contribution in [0.4, 0.5) is 0 Å². The quantitative estimate of drug-likeness (QED) is 0.685. The number of halogens is 2. The van der Waals surface area contributed by atoms with E-state index in [2.05, 4.69) is 37.0 Å². The van der Waals surface area contributed by atoms with Gasteiger partial charge in [-0.3, -0.25) is 9.89 Å². The lowest BCUT2D eigenvalue weighted by Gasteiger charge is -2.03. The summed E-state index contributed by atoms with van der Waals surface area (Å²) >= 11 is 6.80. The normalized spacial score (nSPS) is 10.8. The molecule has 0 atom stereocenters. The number of nitrogens with one attached hydrogen (secondary N) is 1. The van der Waals surface area contributed by atoms with Crippen LogP contribution >= 0.6 is 31.9 Å². The van der Waals surface area contributed by atoms with Gasteiger partial charge < -0.3 is 0 Å². The molecule has 3 aromatic rings. The summed E-state index contributed by atoms with van der Waals surface area (Å²) in [6, 6.07) is 17.7. The number of aromatic nitrogens is 2. The van der Waals surface area contributed by atoms with Crippen LogP contribution in [0.3, 0.4) is 0 Å². The molecule has 3 rings (SSSR count). The first-order valence-corrected chi connectivity index (χ1v) is 8.02. The Bertz CT molecular complexity index is 805. The third kappa shape index (κ3) is 3.04. The fraction of sp³-hybridized carbons (Fsp3) is 0.0625. The standard InChI is InChI=1S/C16H12Br2N2O/c17-13-8-6-11(7-9-13)10-20-16(21)14(18)15(19-20)12-4-2-1-3-5-12/h1-9,19H,10H2. The van der Waals surface area contributed by atoms with Gasteiger partial charge in [0.2, 0.25) is 0 Å². The second-order valence-electron chi connectivity index (χ2n) is 4.68. The Morgan fingerprint density at radius 2 is 1.62 bits per heavy atom. The Labute approximate surface area is 138 Å². The van der Waals surface area contributed by atoms with E-state index in [0.29, 0.717) is 11.0 Å². The topological polar surface area (TPSA) is 37.8 Å². The second kappa shape index (κ2) is 6.03. The van der Waals surface area contributed by atoms with Crippen molar-refractivity contribution in [2.75, 3.05) is 0 Å². The Balaban J connectivity index is 1.98. The Morgan fingerprint density at radius 3 is 2.29 bits per heavy atom. The molecule has 5 heteroatoms. The van der Waals surface area contributed by atoms with Gasteiger partial charge in [0.05, 0.1) is 12.2 Å². The van der Waals surface area contributed by atoms with Crippen molar-refractivity contribution in [1.82, 2.24) is 9.78 Å². The Morgan fingerprint density at radius 1 is 0.952 bits per heavy atom. The van der Waals surface area contributed by atoms with Gasteiger partial charge in [-0.05, 0) is 33.6 Å². The highest BCUT2D eigenvalue weighted by Gasteiger charge is 2.13. The van der Waals surface area contributed by atoms with Crippen LogP contribution < -0.4 is 5.56 Å². The summed E-state index contributed by atoms with van der Waals surface area (Å²) in [5.74, 6) is 0. The Hall–Kier alpha value is -1.59. The first-order chi connectivity index (χ1) is 10.1. The lowest BCUT2D eigenvalue weighted by molar-refractivity contribution is 0.665. The third-order valence-electron chi connectivity index (χ3n) is 3.22. The minimum atomic E-state index is -0.0585. The number of rotatable bonds is 3. The first-order valence-electron chi connectivity index (χ1n) is 6.43. The van der Waals surface area contributed by atoms with E-state index in [1.165, 1.54) is 0 Å². The van der Waals surface area contributed by atoms with Gasteiger partial charge in [-0.25, -0.2) is 4.68 Å². The fourth-order valence-electron chi connectivity index (χ4n) is 2.14. The predicted molar refractivity (Wildman–Crippen MR) is 91.4 cm³/mol. The lowest BCUT2D eigenvalue weighted by atomic mass is 10.2. The highest BCUT2D eigenvalue weighted by atomic mass is 79.9. The van der Waals surface area contributed by atoms with Gasteiger partial charge >= 0.3 is 0 Å². The van der Waals surface area contributed by atoms with Crippen LogP contribution in [0.25, 0.3) is 11.3 Å². The van der Waals surface area contributed by atoms with Gasteiger partial charge in [-0.2, -0.15) is 0 Å². The van der Waals surface area contributed by atoms with Gasteiger partial charge in [-0.1, -0.05) is 58.4 Å². The molecule has 21 heavy (non-hydrogen) atoms. The van der Waals surface area contributed by atoms with Crippen molar-refractivity contribution in [3.63, 3.8) is 0 Å². The summed E-state index contributed by atoms with van der Waals surface area (Å²) in [6.07, 6.45) is 0. The molecule has 0 radical (unpaired) electrons. The van der Waals surface area contributed by atoms with Gasteiger partial charge in [-0.15, -0.1) is 0 Å². The van der Waals surface area contributed by atoms with Crippen LogP contribution in [0, 0.1) is 0 Å². The molecule has 0 saturated heterocycles. The van der Waals surface area contributed by atoms with E-state index in [-0.39, 0.29) is 5.56 Å². The molecular formula is C16H12Br2N2O. The predicted octanol–water partition coefficient (Wildman–Crippen LogP) is 4.42. The molecule has 1 heterocycles. The van der Waals surface area contributed by atoms with Crippen molar-refractivity contribution in [3.8, 4) is 11.3 Å². The second-order valence-corrected chi connectivity index (χ2v) is 6.39. The maximum atomic E-state index is 12.3. The molecular weight excluding hydrogens is 396 g/mol. The van der Waals surface area contributed by atoms with Crippen LogP contribution in [0.2, 0.25) is 0 Å². The van der Waals surface area contributed by atoms with Gasteiger partial charge in [0, 0.05) is 10.0 Å². The molecule has 3 nitrogen and oxygen atoms in total. The molecule has 0 spiro atoms. The maximum Gasteiger partial charge on any atom is 0.281 e. The van der Waals surface area contributed by atoms with Crippen molar-refractivity contribution >= 4 is 31.9 Å². The minimum Gasteiger partial charge on any atom is -0.293 e. The molecule has 0 bridgehead atoms. The zero-order chi connectivity index (χ0) is 14.8. The molecule has 0 aliphatic rings. The average Bonchev–Trinajstić information content (AvgIpc) is 2.79. The van der Waals surface area contributed by atoms with E-state index in [1.807, 2.05) is 54.6 Å². The van der Waals surface area contributed by atoms with Crippen LogP contribution in [0.1, 0.15) is 5.56 Å². The SMILES string of the molecule is O=c1c(Br)c(-c2ccccc2)[nH]n1Cc1ccc(Br)cc1. The van der Waals surface area contributed by atoms with Gasteiger partial charge in [0.25, 0.3) is 5.56 Å². The summed E-state index contributed by atoms with van der Waals surface area (Å²) in [7, 11) is 0. The molecule has 0 fully saturated rings. The highest BCUT2D eigenvalue weighted by molar-refractivity contribution is 9.10. The van der Waals surface area contributed by atoms with Gasteiger partial charge in [0.15, 0.2) is 0 Å². The summed E-state index contributed by atoms with van der Waals surface area (Å²) in [6.45, 7) is 0.511. The van der Waals surface area contributed by atoms with Crippen LogP contribution in [-0.4, -0.2) is 9.78 Å². The number of aromatic amines is 1. The average molecular weight is 408 g/mol. The summed E-state index contributed by atoms with van der Waals surface area (Å²) in [5, 5.41) is 3.17. The van der Waals surface area contributed by atoms with Crippen molar-refractivity contribution in [3.05, 3.63) is 79.5 Å². The van der Waals surface area contributed by atoms with Crippen molar-refractivity contribution in [2.45, 2.75) is 6.54 Å². The largest absolute Gasteiger partial charge is 0.293 e. The monoisotopic (exact) mass is 406 g/mol. The summed E-state index contributed by atoms with van der Waals surface area (Å²) in [4.78, 5) is 12.3. The molecule has 0 aliphatic carbocycles. The maximum absolute atomic E-state index is 12.3. The summed E-state index contributed by atoms with van der Waals surface area (Å²) < 4.78 is 3.19. The van der Waals surface area contributed by atoms with E-state index in [4.69, 9.17) is 0 Å². The molecule has 0 saturated carbocycles. The number of hydrogen-bond acceptors (Lipinski definition) is 1. The molecule has 0 amide bonds. The van der Waals surface area contributed by atoms with Crippen molar-refractivity contribution in [1.29, 1.82) is 0 Å². The van der Waals surface area contributed by atoms with E-state index in [0.717, 1.165) is 21.3 Å². The van der Waals surface area contributed by atoms with E-state index >= 15 is 0 Å². The minimum absolute atomic E-state index is 0.0585. The van der Waals surface area contributed by atoms with E-state index in [1.54, 1.807) is 4.68 Å². The molecule has 1 aromatic heterocycles. The van der Waals surface area contributed by atoms with E-state index in [9.17, 15) is 4.79 Å². The van der Waals surface area contributed by atoms with Crippen LogP contribution in [0.15, 0.2) is 68.3 Å². The molecule has 106 valence electrons. The number of hydrogen-bond donors (Lipinski definition) is 1. The smallest absolute Gasteiger partial charge is 0.281 e. The van der Waals surface area contributed by atoms with Crippen LogP contribution in [0.5, 0.6) is 0 Å². The zero-order valence-electron chi connectivity index (χ0n) is 11.0. The van der Waals surface area contributed by atoms with Crippen molar-refractivity contribution < 1.29 is 0 Å². The highest BCUT2D eigenvalue weighted by Crippen LogP contribution is 2.23. The zero-order valence-corrected chi connectivity index (χ0v) is 14.2. The lowest BCUT2D eigenvalue weighted by Crippen LogP contribution is -2.17. The first kappa shape index (κ1) is 14.4.